The predicted octanol–water partition coefficient (Wildman–Crippen LogP) is 2.67. The number of hydrogen-bond donors (Lipinski definition) is 2. The summed E-state index contributed by atoms with van der Waals surface area (Å²) in [7, 11) is 0. The Balaban J connectivity index is 1.99. The third-order valence-electron chi connectivity index (χ3n) is 3.11. The molecule has 4 heteroatoms. The number of hydrogen-bond acceptors (Lipinski definition) is 4. The number of anilines is 2. The molecule has 88 valence electrons. The number of nitrogens with two attached hydrogens (primary N) is 1. The van der Waals surface area contributed by atoms with Crippen LogP contribution in [0.1, 0.15) is 24.8 Å². The monoisotopic (exact) mass is 237 g/mol. The molecule has 0 aliphatic heterocycles. The van der Waals surface area contributed by atoms with Gasteiger partial charge in [-0.1, -0.05) is 0 Å². The fourth-order valence-corrected chi connectivity index (χ4v) is 2.99. The zero-order valence-electron chi connectivity index (χ0n) is 9.86. The van der Waals surface area contributed by atoms with Gasteiger partial charge in [0.2, 0.25) is 0 Å². The number of aryl methyl sites for hydroxylation is 1. The SMILES string of the molecule is CSC1CCC(Nc2ncc(C)cc2N)C1. The first kappa shape index (κ1) is 11.6. The molecule has 0 radical (unpaired) electrons. The van der Waals surface area contributed by atoms with Crippen molar-refractivity contribution in [3.05, 3.63) is 17.8 Å². The van der Waals surface area contributed by atoms with Crippen LogP contribution in [0.3, 0.4) is 0 Å². The topological polar surface area (TPSA) is 50.9 Å². The van der Waals surface area contributed by atoms with Crippen LogP contribution in [-0.4, -0.2) is 22.5 Å². The molecule has 0 saturated heterocycles. The van der Waals surface area contributed by atoms with Gasteiger partial charge >= 0.3 is 0 Å². The molecule has 0 bridgehead atoms. The number of nitrogen functional groups attached to an aromatic ring is 1. The summed E-state index contributed by atoms with van der Waals surface area (Å²) in [6, 6.07) is 2.51. The fourth-order valence-electron chi connectivity index (χ4n) is 2.19. The Morgan fingerprint density at radius 1 is 1.50 bits per heavy atom. The van der Waals surface area contributed by atoms with Crippen LogP contribution < -0.4 is 11.1 Å². The number of pyridine rings is 1. The molecule has 3 N–H and O–H groups in total. The Bertz CT molecular complexity index is 367. The Hall–Kier alpha value is -0.900. The molecule has 16 heavy (non-hydrogen) atoms. The molecular weight excluding hydrogens is 218 g/mol. The highest BCUT2D eigenvalue weighted by atomic mass is 32.2. The third kappa shape index (κ3) is 2.61. The van der Waals surface area contributed by atoms with Gasteiger partial charge in [0.1, 0.15) is 5.82 Å². The van der Waals surface area contributed by atoms with E-state index < -0.39 is 0 Å². The van der Waals surface area contributed by atoms with Gasteiger partial charge in [0.05, 0.1) is 5.69 Å². The van der Waals surface area contributed by atoms with Gasteiger partial charge < -0.3 is 11.1 Å². The molecule has 0 spiro atoms. The molecule has 1 saturated carbocycles. The van der Waals surface area contributed by atoms with Crippen molar-refractivity contribution in [2.75, 3.05) is 17.3 Å². The van der Waals surface area contributed by atoms with Gasteiger partial charge in [-0.2, -0.15) is 11.8 Å². The average molecular weight is 237 g/mol. The van der Waals surface area contributed by atoms with E-state index in [9.17, 15) is 0 Å². The molecule has 1 aromatic heterocycles. The van der Waals surface area contributed by atoms with Gasteiger partial charge in [-0.05, 0) is 44.1 Å². The second-order valence-electron chi connectivity index (χ2n) is 4.46. The van der Waals surface area contributed by atoms with E-state index in [1.807, 2.05) is 30.9 Å². The molecule has 1 fully saturated rings. The maximum atomic E-state index is 5.94. The normalized spacial score (nSPS) is 24.6. The minimum absolute atomic E-state index is 0.537. The van der Waals surface area contributed by atoms with Crippen molar-refractivity contribution in [2.24, 2.45) is 0 Å². The summed E-state index contributed by atoms with van der Waals surface area (Å²) in [6.07, 6.45) is 7.78. The zero-order valence-corrected chi connectivity index (χ0v) is 10.7. The Morgan fingerprint density at radius 2 is 2.31 bits per heavy atom. The standard InChI is InChI=1S/C12H19N3S/c1-8-5-11(13)12(14-7-8)15-9-3-4-10(6-9)16-2/h5,7,9-10H,3-4,6,13H2,1-2H3,(H,14,15). The van der Waals surface area contributed by atoms with Crippen molar-refractivity contribution < 1.29 is 0 Å². The number of rotatable bonds is 3. The van der Waals surface area contributed by atoms with Crippen molar-refractivity contribution in [1.82, 2.24) is 4.98 Å². The van der Waals surface area contributed by atoms with Crippen LogP contribution in [0.2, 0.25) is 0 Å². The van der Waals surface area contributed by atoms with Crippen LogP contribution in [0.4, 0.5) is 11.5 Å². The maximum absolute atomic E-state index is 5.94. The quantitative estimate of drug-likeness (QED) is 0.848. The highest BCUT2D eigenvalue weighted by molar-refractivity contribution is 7.99. The lowest BCUT2D eigenvalue weighted by Gasteiger charge is -2.15. The lowest BCUT2D eigenvalue weighted by atomic mass is 10.2. The van der Waals surface area contributed by atoms with Crippen LogP contribution in [0.15, 0.2) is 12.3 Å². The number of thioether (sulfide) groups is 1. The van der Waals surface area contributed by atoms with Crippen LogP contribution in [0.5, 0.6) is 0 Å². The second-order valence-corrected chi connectivity index (χ2v) is 5.60. The first-order chi connectivity index (χ1) is 7.69. The van der Waals surface area contributed by atoms with Gasteiger partial charge in [0, 0.05) is 17.5 Å². The largest absolute Gasteiger partial charge is 0.396 e. The van der Waals surface area contributed by atoms with E-state index in [1.54, 1.807) is 0 Å². The molecule has 2 unspecified atom stereocenters. The molecule has 0 amide bonds. The Morgan fingerprint density at radius 3 is 2.94 bits per heavy atom. The van der Waals surface area contributed by atoms with E-state index in [-0.39, 0.29) is 0 Å². The van der Waals surface area contributed by atoms with Gasteiger partial charge in [-0.15, -0.1) is 0 Å². The van der Waals surface area contributed by atoms with Gasteiger partial charge in [0.15, 0.2) is 0 Å². The summed E-state index contributed by atoms with van der Waals surface area (Å²) in [5.41, 5.74) is 7.80. The number of nitrogens with zero attached hydrogens (tertiary/aromatic N) is 1. The Labute approximate surface area is 101 Å². The van der Waals surface area contributed by atoms with Crippen molar-refractivity contribution in [1.29, 1.82) is 0 Å². The summed E-state index contributed by atoms with van der Waals surface area (Å²) < 4.78 is 0. The zero-order chi connectivity index (χ0) is 11.5. The predicted molar refractivity (Wildman–Crippen MR) is 72.0 cm³/mol. The van der Waals surface area contributed by atoms with Crippen LogP contribution in [-0.2, 0) is 0 Å². The van der Waals surface area contributed by atoms with Crippen molar-refractivity contribution >= 4 is 23.3 Å². The summed E-state index contributed by atoms with van der Waals surface area (Å²) in [6.45, 7) is 2.01. The fraction of sp³-hybridized carbons (Fsp3) is 0.583. The third-order valence-corrected chi connectivity index (χ3v) is 4.21. The molecule has 3 nitrogen and oxygen atoms in total. The molecule has 1 heterocycles. The smallest absolute Gasteiger partial charge is 0.149 e. The summed E-state index contributed by atoms with van der Waals surface area (Å²) >= 11 is 1.96. The van der Waals surface area contributed by atoms with E-state index in [0.717, 1.165) is 22.3 Å². The lowest BCUT2D eigenvalue weighted by Crippen LogP contribution is -2.18. The van der Waals surface area contributed by atoms with E-state index in [4.69, 9.17) is 5.73 Å². The first-order valence-corrected chi connectivity index (χ1v) is 6.99. The first-order valence-electron chi connectivity index (χ1n) is 5.70. The highest BCUT2D eigenvalue weighted by Gasteiger charge is 2.24. The number of aromatic nitrogens is 1. The molecule has 0 aromatic carbocycles. The second kappa shape index (κ2) is 4.95. The molecular formula is C12H19N3S. The van der Waals surface area contributed by atoms with Crippen LogP contribution in [0.25, 0.3) is 0 Å². The van der Waals surface area contributed by atoms with E-state index in [2.05, 4.69) is 16.6 Å². The van der Waals surface area contributed by atoms with Crippen LogP contribution in [0, 0.1) is 6.92 Å². The van der Waals surface area contributed by atoms with Gasteiger partial charge in [0.25, 0.3) is 0 Å². The minimum atomic E-state index is 0.537. The average Bonchev–Trinajstić information content (AvgIpc) is 2.70. The lowest BCUT2D eigenvalue weighted by molar-refractivity contribution is 0.752. The minimum Gasteiger partial charge on any atom is -0.396 e. The van der Waals surface area contributed by atoms with E-state index >= 15 is 0 Å². The number of nitrogens with one attached hydrogen (secondary N) is 1. The highest BCUT2D eigenvalue weighted by Crippen LogP contribution is 2.30. The molecule has 1 aromatic rings. The van der Waals surface area contributed by atoms with Crippen LogP contribution >= 0.6 is 11.8 Å². The van der Waals surface area contributed by atoms with Gasteiger partial charge in [-0.25, -0.2) is 4.98 Å². The molecule has 1 aliphatic carbocycles. The summed E-state index contributed by atoms with van der Waals surface area (Å²) in [5.74, 6) is 0.845. The summed E-state index contributed by atoms with van der Waals surface area (Å²) in [5, 5.41) is 4.25. The molecule has 1 aliphatic rings. The summed E-state index contributed by atoms with van der Waals surface area (Å²) in [4.78, 5) is 4.35. The Kier molecular flexibility index (Phi) is 3.59. The molecule has 2 atom stereocenters. The van der Waals surface area contributed by atoms with E-state index in [0.29, 0.717) is 6.04 Å². The van der Waals surface area contributed by atoms with Crippen molar-refractivity contribution in [3.63, 3.8) is 0 Å². The van der Waals surface area contributed by atoms with E-state index in [1.165, 1.54) is 19.3 Å². The van der Waals surface area contributed by atoms with Crippen molar-refractivity contribution in [2.45, 2.75) is 37.5 Å². The van der Waals surface area contributed by atoms with Gasteiger partial charge in [-0.3, -0.25) is 0 Å². The maximum Gasteiger partial charge on any atom is 0.149 e. The van der Waals surface area contributed by atoms with Crippen molar-refractivity contribution in [3.8, 4) is 0 Å². The molecule has 2 rings (SSSR count).